The van der Waals surface area contributed by atoms with Crippen molar-refractivity contribution in [1.29, 1.82) is 0 Å². The van der Waals surface area contributed by atoms with Gasteiger partial charge in [-0.25, -0.2) is 4.79 Å². The lowest BCUT2D eigenvalue weighted by atomic mass is 10.1. The van der Waals surface area contributed by atoms with E-state index < -0.39 is 11.6 Å². The lowest BCUT2D eigenvalue weighted by Crippen LogP contribution is -2.55. The summed E-state index contributed by atoms with van der Waals surface area (Å²) >= 11 is 0. The average Bonchev–Trinajstić information content (AvgIpc) is 2.15. The normalized spacial score (nSPS) is 27.1. The van der Waals surface area contributed by atoms with Crippen LogP contribution in [0.3, 0.4) is 0 Å². The molecule has 0 aromatic carbocycles. The van der Waals surface area contributed by atoms with Gasteiger partial charge >= 0.3 is 5.97 Å². The van der Waals surface area contributed by atoms with Crippen molar-refractivity contribution in [2.75, 3.05) is 33.3 Å². The van der Waals surface area contributed by atoms with E-state index >= 15 is 0 Å². The molecule has 0 spiro atoms. The van der Waals surface area contributed by atoms with E-state index in [1.165, 1.54) is 14.0 Å². The molecular formula is C10H20N2O3. The number of nitrogens with zero attached hydrogens (tertiary/aromatic N) is 1. The number of carbonyl (C=O) groups excluding carboxylic acids is 1. The van der Waals surface area contributed by atoms with Gasteiger partial charge in [0.05, 0.1) is 7.11 Å². The van der Waals surface area contributed by atoms with Gasteiger partial charge in [-0.1, -0.05) is 0 Å². The van der Waals surface area contributed by atoms with Gasteiger partial charge in [-0.15, -0.1) is 0 Å². The van der Waals surface area contributed by atoms with Gasteiger partial charge in [-0.3, -0.25) is 4.90 Å². The van der Waals surface area contributed by atoms with Crippen molar-refractivity contribution in [2.45, 2.75) is 25.5 Å². The maximum atomic E-state index is 11.3. The third-order valence-corrected chi connectivity index (χ3v) is 2.61. The minimum atomic E-state index is -1.41. The van der Waals surface area contributed by atoms with E-state index in [2.05, 4.69) is 21.9 Å². The van der Waals surface area contributed by atoms with Crippen molar-refractivity contribution in [3.05, 3.63) is 0 Å². The second kappa shape index (κ2) is 4.92. The minimum absolute atomic E-state index is 0.325. The summed E-state index contributed by atoms with van der Waals surface area (Å²) in [7, 11) is 1.29. The Bertz CT molecular complexity index is 231. The van der Waals surface area contributed by atoms with E-state index in [-0.39, 0.29) is 0 Å². The van der Waals surface area contributed by atoms with E-state index in [0.717, 1.165) is 19.6 Å². The first kappa shape index (κ1) is 12.4. The summed E-state index contributed by atoms with van der Waals surface area (Å²) in [6.45, 7) is 6.47. The van der Waals surface area contributed by atoms with E-state index in [1.807, 2.05) is 0 Å². The first-order chi connectivity index (χ1) is 6.95. The van der Waals surface area contributed by atoms with E-state index in [1.54, 1.807) is 0 Å². The molecule has 0 amide bonds. The van der Waals surface area contributed by atoms with Crippen molar-refractivity contribution in [1.82, 2.24) is 10.2 Å². The molecule has 1 unspecified atom stereocenters. The first-order valence-corrected chi connectivity index (χ1v) is 5.22. The predicted molar refractivity (Wildman–Crippen MR) is 56.5 cm³/mol. The molecule has 0 radical (unpaired) electrons. The largest absolute Gasteiger partial charge is 0.467 e. The summed E-state index contributed by atoms with van der Waals surface area (Å²) in [5, 5.41) is 13.2. The molecule has 0 saturated carbocycles. The molecule has 5 nitrogen and oxygen atoms in total. The predicted octanol–water partition coefficient (Wildman–Crippen LogP) is -0.796. The van der Waals surface area contributed by atoms with Crippen molar-refractivity contribution in [3.8, 4) is 0 Å². The van der Waals surface area contributed by atoms with Crippen LogP contribution < -0.4 is 5.32 Å². The van der Waals surface area contributed by atoms with Gasteiger partial charge in [0.15, 0.2) is 5.60 Å². The Morgan fingerprint density at radius 2 is 2.40 bits per heavy atom. The second-order valence-corrected chi connectivity index (χ2v) is 4.36. The Morgan fingerprint density at radius 1 is 1.73 bits per heavy atom. The summed E-state index contributed by atoms with van der Waals surface area (Å²) in [6.07, 6.45) is 0. The molecule has 2 atom stereocenters. The van der Waals surface area contributed by atoms with Crippen LogP contribution in [0.25, 0.3) is 0 Å². The van der Waals surface area contributed by atoms with Crippen LogP contribution in [-0.2, 0) is 9.53 Å². The molecule has 1 fully saturated rings. The number of hydrogen-bond donors (Lipinski definition) is 2. The highest BCUT2D eigenvalue weighted by Crippen LogP contribution is 2.10. The number of aliphatic hydroxyl groups is 1. The van der Waals surface area contributed by atoms with Crippen molar-refractivity contribution < 1.29 is 14.6 Å². The Labute approximate surface area is 90.4 Å². The van der Waals surface area contributed by atoms with Crippen molar-refractivity contribution in [3.63, 3.8) is 0 Å². The molecule has 1 heterocycles. The molecule has 0 bridgehead atoms. The van der Waals surface area contributed by atoms with Crippen LogP contribution in [-0.4, -0.2) is 60.9 Å². The number of methoxy groups -OCH3 is 1. The Hall–Kier alpha value is -0.650. The molecule has 88 valence electrons. The van der Waals surface area contributed by atoms with Crippen LogP contribution >= 0.6 is 0 Å². The molecule has 5 heteroatoms. The quantitative estimate of drug-likeness (QED) is 0.605. The summed E-state index contributed by atoms with van der Waals surface area (Å²) in [5.74, 6) is -0.575. The monoisotopic (exact) mass is 216 g/mol. The smallest absolute Gasteiger partial charge is 0.338 e. The lowest BCUT2D eigenvalue weighted by Gasteiger charge is -2.35. The highest BCUT2D eigenvalue weighted by molar-refractivity contribution is 5.78. The van der Waals surface area contributed by atoms with E-state index in [4.69, 9.17) is 0 Å². The zero-order valence-electron chi connectivity index (χ0n) is 9.62. The number of rotatable bonds is 3. The van der Waals surface area contributed by atoms with Gasteiger partial charge in [0, 0.05) is 32.2 Å². The topological polar surface area (TPSA) is 61.8 Å². The van der Waals surface area contributed by atoms with Gasteiger partial charge < -0.3 is 15.2 Å². The van der Waals surface area contributed by atoms with E-state index in [9.17, 15) is 9.90 Å². The molecule has 15 heavy (non-hydrogen) atoms. The summed E-state index contributed by atoms with van der Waals surface area (Å²) in [4.78, 5) is 13.3. The minimum Gasteiger partial charge on any atom is -0.467 e. The maximum absolute atomic E-state index is 11.3. The summed E-state index contributed by atoms with van der Waals surface area (Å²) in [5.41, 5.74) is -1.41. The molecule has 1 saturated heterocycles. The number of β-amino-alcohol motifs (C(OH)–C–C–N with tert-alkyl or cyclic N) is 1. The van der Waals surface area contributed by atoms with Crippen molar-refractivity contribution in [2.24, 2.45) is 0 Å². The first-order valence-electron chi connectivity index (χ1n) is 5.22. The molecule has 0 aliphatic carbocycles. The average molecular weight is 216 g/mol. The Kier molecular flexibility index (Phi) is 4.07. The standard InChI is InChI=1S/C10H20N2O3/c1-8-6-12(5-4-11-8)7-10(2,14)9(13)15-3/h8,11,14H,4-7H2,1-3H3/t8-,10?/m1/s1. The van der Waals surface area contributed by atoms with Crippen LogP contribution in [0.4, 0.5) is 0 Å². The lowest BCUT2D eigenvalue weighted by molar-refractivity contribution is -0.162. The molecule has 1 aliphatic heterocycles. The van der Waals surface area contributed by atoms with Gasteiger partial charge in [0.2, 0.25) is 0 Å². The molecule has 1 rings (SSSR count). The van der Waals surface area contributed by atoms with Crippen LogP contribution in [0.2, 0.25) is 0 Å². The van der Waals surface area contributed by atoms with Crippen LogP contribution in [0, 0.1) is 0 Å². The zero-order valence-corrected chi connectivity index (χ0v) is 9.62. The van der Waals surface area contributed by atoms with Crippen LogP contribution in [0.5, 0.6) is 0 Å². The van der Waals surface area contributed by atoms with Crippen LogP contribution in [0.1, 0.15) is 13.8 Å². The fraction of sp³-hybridized carbons (Fsp3) is 0.900. The van der Waals surface area contributed by atoms with Gasteiger partial charge in [0.1, 0.15) is 0 Å². The summed E-state index contributed by atoms with van der Waals surface area (Å²) in [6, 6.07) is 0.396. The number of ether oxygens (including phenoxy) is 1. The highest BCUT2D eigenvalue weighted by atomic mass is 16.5. The fourth-order valence-electron chi connectivity index (χ4n) is 1.88. The zero-order chi connectivity index (χ0) is 11.5. The number of carbonyl (C=O) groups is 1. The third-order valence-electron chi connectivity index (χ3n) is 2.61. The molecule has 0 aromatic rings. The number of hydrogen-bond acceptors (Lipinski definition) is 5. The summed E-state index contributed by atoms with van der Waals surface area (Å²) < 4.78 is 4.55. The number of nitrogens with one attached hydrogen (secondary N) is 1. The number of piperazine rings is 1. The molecule has 1 aliphatic rings. The van der Waals surface area contributed by atoms with Gasteiger partial charge in [0.25, 0.3) is 0 Å². The van der Waals surface area contributed by atoms with Gasteiger partial charge in [-0.2, -0.15) is 0 Å². The molecular weight excluding hydrogens is 196 g/mol. The highest BCUT2D eigenvalue weighted by Gasteiger charge is 2.34. The SMILES string of the molecule is COC(=O)C(C)(O)CN1CCN[C@H](C)C1. The van der Waals surface area contributed by atoms with E-state index in [0.29, 0.717) is 12.6 Å². The van der Waals surface area contributed by atoms with Crippen LogP contribution in [0.15, 0.2) is 0 Å². The molecule has 0 aromatic heterocycles. The second-order valence-electron chi connectivity index (χ2n) is 4.36. The van der Waals surface area contributed by atoms with Gasteiger partial charge in [-0.05, 0) is 13.8 Å². The third kappa shape index (κ3) is 3.44. The molecule has 2 N–H and O–H groups in total. The Balaban J connectivity index is 2.49. The fourth-order valence-corrected chi connectivity index (χ4v) is 1.88. The Morgan fingerprint density at radius 3 is 2.93 bits per heavy atom. The van der Waals surface area contributed by atoms with Crippen molar-refractivity contribution >= 4 is 5.97 Å². The maximum Gasteiger partial charge on any atom is 0.338 e. The number of esters is 1.